The van der Waals surface area contributed by atoms with Gasteiger partial charge in [-0.05, 0) is 240 Å². The molecule has 0 unspecified atom stereocenters. The number of para-hydroxylation sites is 8. The van der Waals surface area contributed by atoms with E-state index in [4.69, 9.17) is 11.6 Å². The minimum absolute atomic E-state index is 0.646. The molecule has 0 aliphatic heterocycles. The van der Waals surface area contributed by atoms with Crippen molar-refractivity contribution < 1.29 is 0 Å². The summed E-state index contributed by atoms with van der Waals surface area (Å²) >= 11 is 0. The summed E-state index contributed by atoms with van der Waals surface area (Å²) in [5, 5.41) is 26.8. The van der Waals surface area contributed by atoms with Gasteiger partial charge < -0.3 is 18.3 Å². The number of rotatable bonds is 11. The van der Waals surface area contributed by atoms with Crippen LogP contribution in [0.1, 0.15) is 5.56 Å². The van der Waals surface area contributed by atoms with E-state index >= 15 is 0 Å². The summed E-state index contributed by atoms with van der Waals surface area (Å²) in [6.45, 7) is 7.35. The molecule has 26 aromatic rings. The Kier molecular flexibility index (Phi) is 18.9. The zero-order chi connectivity index (χ0) is 87.0. The van der Waals surface area contributed by atoms with Crippen molar-refractivity contribution in [3.8, 4) is 102 Å². The molecule has 8 nitrogen and oxygen atoms in total. The highest BCUT2D eigenvalue weighted by atomic mass is 15.1. The number of aromatic nitrogens is 6. The van der Waals surface area contributed by atoms with Gasteiger partial charge in [0.2, 0.25) is 0 Å². The smallest absolute Gasteiger partial charge is 0.187 e. The Bertz CT molecular complexity index is 9030. The van der Waals surface area contributed by atoms with Crippen LogP contribution in [0.3, 0.4) is 0 Å². The third-order valence-electron chi connectivity index (χ3n) is 26.1. The summed E-state index contributed by atoms with van der Waals surface area (Å²) in [5.41, 5.74) is 31.4. The van der Waals surface area contributed by atoms with E-state index in [9.17, 15) is 5.26 Å². The summed E-state index contributed by atoms with van der Waals surface area (Å²) in [7, 11) is 0. The lowest BCUT2D eigenvalue weighted by atomic mass is 9.85. The van der Waals surface area contributed by atoms with Crippen molar-refractivity contribution in [3.63, 3.8) is 0 Å². The molecule has 0 radical (unpaired) electrons. The van der Waals surface area contributed by atoms with Crippen LogP contribution < -0.4 is 0 Å². The molecule has 0 N–H and O–H groups in total. The molecule has 0 aliphatic carbocycles. The van der Waals surface area contributed by atoms with Gasteiger partial charge in [-0.25, -0.2) is 9.83 Å². The second kappa shape index (κ2) is 32.2. The van der Waals surface area contributed by atoms with Gasteiger partial charge in [0.25, 0.3) is 0 Å². The molecule has 5 aromatic heterocycles. The van der Waals surface area contributed by atoms with E-state index in [1.165, 1.54) is 153 Å². The van der Waals surface area contributed by atoms with Gasteiger partial charge >= 0.3 is 0 Å². The number of imidazole rings is 1. The zero-order valence-corrected chi connectivity index (χ0v) is 71.1. The summed E-state index contributed by atoms with van der Waals surface area (Å²) in [5.74, 6) is 0.945. The van der Waals surface area contributed by atoms with Gasteiger partial charge in [-0.15, -0.1) is 0 Å². The van der Waals surface area contributed by atoms with Crippen LogP contribution in [0.2, 0.25) is 0 Å². The second-order valence-corrected chi connectivity index (χ2v) is 33.5. The van der Waals surface area contributed by atoms with Crippen LogP contribution in [0.5, 0.6) is 0 Å². The average molecular weight is 1670 g/mol. The molecule has 26 rings (SSSR count). The molecular weight excluding hydrogens is 1590 g/mol. The normalized spacial score (nSPS) is 11.5. The molecule has 610 valence electrons. The van der Waals surface area contributed by atoms with Crippen molar-refractivity contribution in [3.05, 3.63) is 490 Å². The van der Waals surface area contributed by atoms with Crippen molar-refractivity contribution in [2.24, 2.45) is 0 Å². The largest absolute Gasteiger partial charge is 0.309 e. The third-order valence-corrected chi connectivity index (χ3v) is 26.1. The van der Waals surface area contributed by atoms with Gasteiger partial charge in [-0.3, -0.25) is 4.57 Å². The van der Waals surface area contributed by atoms with E-state index in [2.05, 4.69) is 458 Å². The van der Waals surface area contributed by atoms with Crippen molar-refractivity contribution in [1.82, 2.24) is 27.8 Å². The summed E-state index contributed by atoms with van der Waals surface area (Å²) < 4.78 is 11.6. The van der Waals surface area contributed by atoms with Gasteiger partial charge in [-0.1, -0.05) is 322 Å². The molecule has 8 heteroatoms. The fraction of sp³-hybridized carbons (Fsp3) is 0. The molecule has 0 aliphatic rings. The van der Waals surface area contributed by atoms with E-state index < -0.39 is 0 Å². The minimum atomic E-state index is 0.646. The van der Waals surface area contributed by atoms with Crippen molar-refractivity contribution >= 4 is 136 Å². The molecule has 0 atom stereocenters. The Balaban J connectivity index is 0.000000109. The van der Waals surface area contributed by atoms with E-state index in [0.717, 1.165) is 73.0 Å². The average Bonchev–Trinajstić information content (AvgIpc) is 1.73. The van der Waals surface area contributed by atoms with E-state index in [1.807, 2.05) is 48.5 Å². The SMILES string of the molecule is N#Cc1cccc(-c2ccc(-n3c4ccccc4c4ccc(-c5ccc6c(c5)c5ccccc5n6-c5ccccc5)cc43)cc2)c1.[C-]#[N+]c1ccc(-n2c3ccccc3c3ccc(-c4ccc5c(c4)c4ccccc4n5-c4ccccc4)cc32)cc1.c1ccc(-c2nc3ccccc3n2-c2ccc(-c3c4ccccc4c(-c4ccc5ccccc5c4)c4ccccc34)cc2)cc1. The fourth-order valence-electron chi connectivity index (χ4n) is 20.1. The first-order valence-corrected chi connectivity index (χ1v) is 44.3. The number of benzene rings is 21. The molecule has 5 heterocycles. The first kappa shape index (κ1) is 76.7. The Hall–Kier alpha value is -18.0. The van der Waals surface area contributed by atoms with Gasteiger partial charge in [0.05, 0.1) is 73.4 Å². The van der Waals surface area contributed by atoms with Gasteiger partial charge in [0, 0.05) is 77.1 Å². The van der Waals surface area contributed by atoms with Crippen LogP contribution in [-0.2, 0) is 0 Å². The predicted molar refractivity (Wildman–Crippen MR) is 547 cm³/mol. The van der Waals surface area contributed by atoms with Crippen LogP contribution in [0.4, 0.5) is 5.69 Å². The highest BCUT2D eigenvalue weighted by molar-refractivity contribution is 6.22. The Labute approximate surface area is 755 Å². The summed E-state index contributed by atoms with van der Waals surface area (Å²) in [4.78, 5) is 8.62. The quantitative estimate of drug-likeness (QED) is 0.0957. The van der Waals surface area contributed by atoms with Gasteiger partial charge in [0.15, 0.2) is 5.69 Å². The number of hydrogen-bond acceptors (Lipinski definition) is 2. The third kappa shape index (κ3) is 13.3. The second-order valence-electron chi connectivity index (χ2n) is 33.5. The summed E-state index contributed by atoms with van der Waals surface area (Å²) in [6.07, 6.45) is 0. The highest BCUT2D eigenvalue weighted by Crippen LogP contribution is 2.47. The number of nitriles is 1. The van der Waals surface area contributed by atoms with E-state index in [0.29, 0.717) is 11.3 Å². The fourth-order valence-corrected chi connectivity index (χ4v) is 20.1. The van der Waals surface area contributed by atoms with Crippen LogP contribution in [0.25, 0.3) is 231 Å². The van der Waals surface area contributed by atoms with Crippen LogP contribution >= 0.6 is 0 Å². The molecular formula is C123H78N8. The Morgan fingerprint density at radius 2 is 0.542 bits per heavy atom. The standard InChI is InChI=1S/C43H27N3.C43H28N2.C37H23N3/c44-28-29-9-8-10-31(25-29)30-17-21-35(22-18-30)46-40-15-6-4-13-36(40)38-23-19-33(27-43(38)46)32-20-24-42-39(26-32)37-14-5-7-16-41(37)45(42)34-11-2-1-3-12-34;1-2-13-31(14-3-1)43-44-39-20-10-11-21-40(39)45(43)34-26-24-30(25-27-34)41-35-16-6-8-18-37(35)42(38-19-9-7-17-36(38)41)33-23-22-29-12-4-5-15-32(29)28-33;1-38-27-17-19-29(20-18-27)40-34-13-7-5-11-30(34)32-21-15-26(24-37(32)40)25-16-22-36-33(23-25)31-12-6-8-14-35(31)39(36)28-9-3-2-4-10-28/h1-27H;1-28H;2-24H. The maximum absolute atomic E-state index is 9.38. The van der Waals surface area contributed by atoms with Crippen molar-refractivity contribution in [2.45, 2.75) is 0 Å². The Morgan fingerprint density at radius 3 is 1.04 bits per heavy atom. The topological polar surface area (TPSA) is 65.7 Å². The van der Waals surface area contributed by atoms with Gasteiger partial charge in [0.1, 0.15) is 5.82 Å². The number of fused-ring (bicyclic) bond motifs is 16. The lowest BCUT2D eigenvalue weighted by Gasteiger charge is -2.18. The van der Waals surface area contributed by atoms with Crippen LogP contribution in [0.15, 0.2) is 473 Å². The van der Waals surface area contributed by atoms with Crippen molar-refractivity contribution in [1.29, 1.82) is 5.26 Å². The predicted octanol–water partition coefficient (Wildman–Crippen LogP) is 32.7. The molecule has 21 aromatic carbocycles. The van der Waals surface area contributed by atoms with Gasteiger partial charge in [-0.2, -0.15) is 5.26 Å². The lowest BCUT2D eigenvalue weighted by Crippen LogP contribution is -1.97. The maximum Gasteiger partial charge on any atom is 0.187 e. The van der Waals surface area contributed by atoms with E-state index in [-0.39, 0.29) is 0 Å². The monoisotopic (exact) mass is 1670 g/mol. The first-order chi connectivity index (χ1) is 64.9. The van der Waals surface area contributed by atoms with Crippen LogP contribution in [-0.4, -0.2) is 27.8 Å². The summed E-state index contributed by atoms with van der Waals surface area (Å²) in [6, 6.07) is 170. The lowest BCUT2D eigenvalue weighted by molar-refractivity contribution is 1.10. The molecule has 0 bridgehead atoms. The minimum Gasteiger partial charge on any atom is -0.309 e. The highest BCUT2D eigenvalue weighted by Gasteiger charge is 2.23. The zero-order valence-electron chi connectivity index (χ0n) is 71.1. The number of nitrogens with zero attached hydrogens (tertiary/aromatic N) is 8. The number of hydrogen-bond donors (Lipinski definition) is 0. The van der Waals surface area contributed by atoms with Crippen molar-refractivity contribution in [2.75, 3.05) is 0 Å². The molecule has 0 amide bonds. The first-order valence-electron chi connectivity index (χ1n) is 44.3. The molecule has 0 spiro atoms. The van der Waals surface area contributed by atoms with Crippen LogP contribution in [0, 0.1) is 17.9 Å². The maximum atomic E-state index is 9.38. The Morgan fingerprint density at radius 1 is 0.206 bits per heavy atom. The molecule has 0 fully saturated rings. The molecule has 0 saturated heterocycles. The molecule has 0 saturated carbocycles. The molecule has 131 heavy (non-hydrogen) atoms. The van der Waals surface area contributed by atoms with E-state index in [1.54, 1.807) is 0 Å².